The molecule has 3 nitrogen and oxygen atoms in total. The third-order valence-electron chi connectivity index (χ3n) is 3.43. The summed E-state index contributed by atoms with van der Waals surface area (Å²) in [5.74, 6) is 0. The number of rotatable bonds is 5. The van der Waals surface area contributed by atoms with Crippen LogP contribution in [0.2, 0.25) is 4.34 Å². The van der Waals surface area contributed by atoms with Crippen LogP contribution < -0.4 is 5.32 Å². The molecule has 0 amide bonds. The lowest BCUT2D eigenvalue weighted by Crippen LogP contribution is -2.31. The van der Waals surface area contributed by atoms with Crippen molar-refractivity contribution in [2.75, 3.05) is 7.05 Å². The molecular weight excluding hydrogens is 290 g/mol. The molecule has 2 heterocycles. The molecule has 1 N–H and O–H groups in total. The standard InChI is InChI=1S/C15H16ClN3S/c1-17-11(8-12-6-7-15(16)20-12)9-19-10-18-13-4-2-3-5-14(13)19/h2-7,10-11,17H,8-9H2,1H3. The zero-order valence-corrected chi connectivity index (χ0v) is 12.8. The predicted molar refractivity (Wildman–Crippen MR) is 85.6 cm³/mol. The van der Waals surface area contributed by atoms with E-state index in [2.05, 4.69) is 27.0 Å². The van der Waals surface area contributed by atoms with Gasteiger partial charge >= 0.3 is 0 Å². The van der Waals surface area contributed by atoms with E-state index in [0.29, 0.717) is 6.04 Å². The number of halogens is 1. The van der Waals surface area contributed by atoms with Gasteiger partial charge in [-0.1, -0.05) is 23.7 Å². The number of imidazole rings is 1. The van der Waals surface area contributed by atoms with Gasteiger partial charge in [0.25, 0.3) is 0 Å². The van der Waals surface area contributed by atoms with Gasteiger partial charge in [0.05, 0.1) is 21.7 Å². The second kappa shape index (κ2) is 5.95. The van der Waals surface area contributed by atoms with Crippen LogP contribution in [0.15, 0.2) is 42.7 Å². The Hall–Kier alpha value is -1.36. The van der Waals surface area contributed by atoms with Crippen molar-refractivity contribution in [3.05, 3.63) is 51.9 Å². The van der Waals surface area contributed by atoms with E-state index in [1.807, 2.05) is 37.6 Å². The van der Waals surface area contributed by atoms with Crippen LogP contribution in [0, 0.1) is 0 Å². The van der Waals surface area contributed by atoms with Crippen LogP contribution in [0.4, 0.5) is 0 Å². The highest BCUT2D eigenvalue weighted by atomic mass is 35.5. The highest BCUT2D eigenvalue weighted by Crippen LogP contribution is 2.23. The van der Waals surface area contributed by atoms with E-state index in [1.54, 1.807) is 11.3 Å². The van der Waals surface area contributed by atoms with Crippen LogP contribution in [0.5, 0.6) is 0 Å². The Kier molecular flexibility index (Phi) is 4.05. The fraction of sp³-hybridized carbons (Fsp3) is 0.267. The summed E-state index contributed by atoms with van der Waals surface area (Å²) in [7, 11) is 2.00. The second-order valence-electron chi connectivity index (χ2n) is 4.78. The van der Waals surface area contributed by atoms with Gasteiger partial charge in [-0.05, 0) is 37.7 Å². The monoisotopic (exact) mass is 305 g/mol. The van der Waals surface area contributed by atoms with Gasteiger partial charge in [-0.25, -0.2) is 4.98 Å². The van der Waals surface area contributed by atoms with Gasteiger partial charge in [0.15, 0.2) is 0 Å². The maximum atomic E-state index is 5.99. The third-order valence-corrected chi connectivity index (χ3v) is 4.68. The van der Waals surface area contributed by atoms with Crippen molar-refractivity contribution < 1.29 is 0 Å². The molecule has 0 radical (unpaired) electrons. The largest absolute Gasteiger partial charge is 0.329 e. The van der Waals surface area contributed by atoms with E-state index in [0.717, 1.165) is 22.8 Å². The molecule has 20 heavy (non-hydrogen) atoms. The average Bonchev–Trinajstić information content (AvgIpc) is 3.05. The molecule has 5 heteroatoms. The maximum absolute atomic E-state index is 5.99. The summed E-state index contributed by atoms with van der Waals surface area (Å²) in [6, 6.07) is 12.6. The van der Waals surface area contributed by atoms with Crippen molar-refractivity contribution in [3.63, 3.8) is 0 Å². The SMILES string of the molecule is CNC(Cc1ccc(Cl)s1)Cn1cnc2ccccc21. The van der Waals surface area contributed by atoms with Gasteiger partial charge in [0.2, 0.25) is 0 Å². The summed E-state index contributed by atoms with van der Waals surface area (Å²) in [4.78, 5) is 5.74. The first-order chi connectivity index (χ1) is 9.76. The quantitative estimate of drug-likeness (QED) is 0.781. The lowest BCUT2D eigenvalue weighted by Gasteiger charge is -2.16. The molecule has 0 aliphatic heterocycles. The number of nitrogens with zero attached hydrogens (tertiary/aromatic N) is 2. The van der Waals surface area contributed by atoms with E-state index in [1.165, 1.54) is 10.4 Å². The highest BCUT2D eigenvalue weighted by molar-refractivity contribution is 7.16. The number of fused-ring (bicyclic) bond motifs is 1. The van der Waals surface area contributed by atoms with Crippen LogP contribution in [0.1, 0.15) is 4.88 Å². The van der Waals surface area contributed by atoms with Gasteiger partial charge < -0.3 is 9.88 Å². The Morgan fingerprint density at radius 3 is 2.90 bits per heavy atom. The first-order valence-corrected chi connectivity index (χ1v) is 7.77. The smallest absolute Gasteiger partial charge is 0.0958 e. The zero-order valence-electron chi connectivity index (χ0n) is 11.2. The molecule has 0 aliphatic carbocycles. The minimum absolute atomic E-state index is 0.363. The summed E-state index contributed by atoms with van der Waals surface area (Å²) < 4.78 is 3.05. The van der Waals surface area contributed by atoms with E-state index in [-0.39, 0.29) is 0 Å². The molecule has 0 saturated carbocycles. The molecule has 0 fully saturated rings. The Bertz CT molecular complexity index is 704. The molecule has 1 atom stereocenters. The zero-order chi connectivity index (χ0) is 13.9. The fourth-order valence-electron chi connectivity index (χ4n) is 2.36. The summed E-state index contributed by atoms with van der Waals surface area (Å²) in [6.07, 6.45) is 2.89. The number of aromatic nitrogens is 2. The molecule has 0 saturated heterocycles. The molecule has 3 rings (SSSR count). The van der Waals surface area contributed by atoms with Crippen molar-refractivity contribution in [1.82, 2.24) is 14.9 Å². The number of benzene rings is 1. The summed E-state index contributed by atoms with van der Waals surface area (Å²) >= 11 is 7.64. The summed E-state index contributed by atoms with van der Waals surface area (Å²) in [5, 5.41) is 3.38. The van der Waals surface area contributed by atoms with Gasteiger partial charge in [0, 0.05) is 17.5 Å². The first kappa shape index (κ1) is 13.6. The first-order valence-electron chi connectivity index (χ1n) is 6.57. The maximum Gasteiger partial charge on any atom is 0.0958 e. The van der Waals surface area contributed by atoms with Crippen molar-refractivity contribution in [2.45, 2.75) is 19.0 Å². The van der Waals surface area contributed by atoms with Crippen molar-refractivity contribution >= 4 is 34.0 Å². The van der Waals surface area contributed by atoms with Crippen LogP contribution in [0.3, 0.4) is 0 Å². The molecule has 1 aromatic carbocycles. The number of hydrogen-bond acceptors (Lipinski definition) is 3. The number of likely N-dealkylation sites (N-methyl/N-ethyl adjacent to an activating group) is 1. The number of para-hydroxylation sites is 2. The van der Waals surface area contributed by atoms with Crippen molar-refractivity contribution in [3.8, 4) is 0 Å². The van der Waals surface area contributed by atoms with Gasteiger partial charge in [-0.15, -0.1) is 11.3 Å². The Morgan fingerprint density at radius 1 is 1.30 bits per heavy atom. The number of nitrogens with one attached hydrogen (secondary N) is 1. The van der Waals surface area contributed by atoms with Gasteiger partial charge in [-0.2, -0.15) is 0 Å². The summed E-state index contributed by atoms with van der Waals surface area (Å²) in [5.41, 5.74) is 2.22. The molecule has 0 bridgehead atoms. The number of thiophene rings is 1. The van der Waals surface area contributed by atoms with Gasteiger partial charge in [0.1, 0.15) is 0 Å². The van der Waals surface area contributed by atoms with E-state index < -0.39 is 0 Å². The summed E-state index contributed by atoms with van der Waals surface area (Å²) in [6.45, 7) is 0.895. The predicted octanol–water partition coefficient (Wildman–Crippen LogP) is 3.58. The topological polar surface area (TPSA) is 29.9 Å². The van der Waals surface area contributed by atoms with Crippen molar-refractivity contribution in [1.29, 1.82) is 0 Å². The second-order valence-corrected chi connectivity index (χ2v) is 6.58. The number of hydrogen-bond donors (Lipinski definition) is 1. The van der Waals surface area contributed by atoms with Crippen LogP contribution >= 0.6 is 22.9 Å². The van der Waals surface area contributed by atoms with Crippen LogP contribution in [-0.2, 0) is 13.0 Å². The normalized spacial score (nSPS) is 12.9. The lowest BCUT2D eigenvalue weighted by atomic mass is 10.2. The van der Waals surface area contributed by atoms with Crippen molar-refractivity contribution in [2.24, 2.45) is 0 Å². The fourth-order valence-corrected chi connectivity index (χ4v) is 3.52. The minimum Gasteiger partial charge on any atom is -0.329 e. The van der Waals surface area contributed by atoms with E-state index in [4.69, 9.17) is 11.6 Å². The molecule has 0 aliphatic rings. The highest BCUT2D eigenvalue weighted by Gasteiger charge is 2.11. The van der Waals surface area contributed by atoms with E-state index >= 15 is 0 Å². The molecule has 2 aromatic heterocycles. The van der Waals surface area contributed by atoms with E-state index in [9.17, 15) is 0 Å². The molecule has 0 spiro atoms. The Balaban J connectivity index is 1.77. The average molecular weight is 306 g/mol. The third kappa shape index (κ3) is 2.87. The van der Waals surface area contributed by atoms with Crippen LogP contribution in [-0.4, -0.2) is 22.6 Å². The Morgan fingerprint density at radius 2 is 2.15 bits per heavy atom. The minimum atomic E-state index is 0.363. The lowest BCUT2D eigenvalue weighted by molar-refractivity contribution is 0.487. The Labute approximate surface area is 127 Å². The van der Waals surface area contributed by atoms with Gasteiger partial charge in [-0.3, -0.25) is 0 Å². The molecule has 1 unspecified atom stereocenters. The van der Waals surface area contributed by atoms with Crippen LogP contribution in [0.25, 0.3) is 11.0 Å². The molecule has 3 aromatic rings. The molecule has 104 valence electrons. The molecular formula is C15H16ClN3S.